The van der Waals surface area contributed by atoms with Gasteiger partial charge in [0, 0.05) is 36.1 Å². The molecule has 31 heavy (non-hydrogen) atoms. The van der Waals surface area contributed by atoms with Crippen LogP contribution in [0.4, 0.5) is 11.4 Å². The number of Topliss-reactive ketones (excluding diaryl/α,β-unsaturated/α-hetero) is 1. The van der Waals surface area contributed by atoms with Gasteiger partial charge in [-0.05, 0) is 42.0 Å². The zero-order valence-electron chi connectivity index (χ0n) is 17.1. The number of amides is 1. The second-order valence-corrected chi connectivity index (χ2v) is 7.94. The van der Waals surface area contributed by atoms with Crippen LogP contribution in [0.5, 0.6) is 0 Å². The van der Waals surface area contributed by atoms with Crippen molar-refractivity contribution >= 4 is 40.4 Å². The fraction of sp³-hybridized carbons (Fsp3) is 0.120. The number of carbonyl (C=O) groups excluding carboxylic acids is 2. The number of hydrogen-bond donors (Lipinski definition) is 1. The number of anilines is 2. The molecule has 3 aromatic carbocycles. The molecule has 1 aliphatic heterocycles. The van der Waals surface area contributed by atoms with E-state index in [0.717, 1.165) is 11.3 Å². The third kappa shape index (κ3) is 3.80. The summed E-state index contributed by atoms with van der Waals surface area (Å²) in [6.45, 7) is 0. The summed E-state index contributed by atoms with van der Waals surface area (Å²) in [5.74, 6) is -1.67. The maximum atomic E-state index is 13.1. The first-order chi connectivity index (χ1) is 14.9. The Balaban J connectivity index is 1.90. The topological polar surface area (TPSA) is 60.9 Å². The van der Waals surface area contributed by atoms with Crippen molar-refractivity contribution in [3.63, 3.8) is 0 Å². The molecule has 0 aliphatic carbocycles. The van der Waals surface area contributed by atoms with Crippen molar-refractivity contribution < 1.29 is 14.7 Å². The number of halogens is 1. The summed E-state index contributed by atoms with van der Waals surface area (Å²) in [7, 11) is 3.85. The fourth-order valence-electron chi connectivity index (χ4n) is 3.75. The first-order valence-electron chi connectivity index (χ1n) is 9.78. The maximum absolute atomic E-state index is 13.1. The smallest absolute Gasteiger partial charge is 0.300 e. The second kappa shape index (κ2) is 8.28. The summed E-state index contributed by atoms with van der Waals surface area (Å²) in [6, 6.07) is 22.4. The molecule has 6 heteroatoms. The highest BCUT2D eigenvalue weighted by Crippen LogP contribution is 2.42. The Hall–Kier alpha value is -3.57. The number of rotatable bonds is 4. The van der Waals surface area contributed by atoms with Crippen LogP contribution in [0.1, 0.15) is 17.2 Å². The Morgan fingerprint density at radius 3 is 2.23 bits per heavy atom. The van der Waals surface area contributed by atoms with Gasteiger partial charge in [0.15, 0.2) is 0 Å². The molecular weight excluding hydrogens is 412 g/mol. The Labute approximate surface area is 185 Å². The summed E-state index contributed by atoms with van der Waals surface area (Å²) in [5, 5.41) is 11.5. The molecule has 3 aromatic rings. The molecule has 0 saturated carbocycles. The molecule has 1 aliphatic rings. The Morgan fingerprint density at radius 2 is 1.61 bits per heavy atom. The average Bonchev–Trinajstić information content (AvgIpc) is 3.04. The summed E-state index contributed by atoms with van der Waals surface area (Å²) in [5.41, 5.74) is 2.69. The number of nitrogens with zero attached hydrogens (tertiary/aromatic N) is 2. The number of aliphatic hydroxyl groups excluding tert-OH is 1. The standard InChI is InChI=1S/C25H21ClN2O3/c1-27(2)19-11-13-20(14-12-19)28-22(16-7-4-3-5-8-16)21(24(30)25(28)31)23(29)17-9-6-10-18(26)15-17/h3-15,22,29H,1-2H3/b23-21+. The Bertz CT molecular complexity index is 1170. The van der Waals surface area contributed by atoms with E-state index in [4.69, 9.17) is 11.6 Å². The Kier molecular flexibility index (Phi) is 5.53. The fourth-order valence-corrected chi connectivity index (χ4v) is 3.94. The van der Waals surface area contributed by atoms with Crippen molar-refractivity contribution in [2.75, 3.05) is 23.9 Å². The first kappa shape index (κ1) is 20.7. The van der Waals surface area contributed by atoms with E-state index in [1.54, 1.807) is 36.4 Å². The van der Waals surface area contributed by atoms with E-state index in [2.05, 4.69) is 0 Å². The van der Waals surface area contributed by atoms with Crippen LogP contribution in [-0.2, 0) is 9.59 Å². The van der Waals surface area contributed by atoms with Crippen LogP contribution in [-0.4, -0.2) is 30.9 Å². The summed E-state index contributed by atoms with van der Waals surface area (Å²) >= 11 is 6.08. The molecule has 1 heterocycles. The molecule has 1 atom stereocenters. The SMILES string of the molecule is CN(C)c1ccc(N2C(=O)C(=O)/C(=C(/O)c3cccc(Cl)c3)C2c2ccccc2)cc1. The van der Waals surface area contributed by atoms with Crippen molar-refractivity contribution in [1.29, 1.82) is 0 Å². The highest BCUT2D eigenvalue weighted by Gasteiger charge is 2.46. The molecule has 0 spiro atoms. The normalized spacial score (nSPS) is 17.8. The number of carbonyl (C=O) groups is 2. The molecule has 1 saturated heterocycles. The van der Waals surface area contributed by atoms with E-state index in [1.807, 2.05) is 61.5 Å². The number of ketones is 1. The molecule has 156 valence electrons. The lowest BCUT2D eigenvalue weighted by Gasteiger charge is -2.26. The lowest BCUT2D eigenvalue weighted by Crippen LogP contribution is -2.29. The van der Waals surface area contributed by atoms with Gasteiger partial charge in [-0.1, -0.05) is 54.1 Å². The van der Waals surface area contributed by atoms with Crippen molar-refractivity contribution in [1.82, 2.24) is 0 Å². The largest absolute Gasteiger partial charge is 0.507 e. The van der Waals surface area contributed by atoms with E-state index in [1.165, 1.54) is 4.90 Å². The van der Waals surface area contributed by atoms with E-state index in [-0.39, 0.29) is 11.3 Å². The lowest BCUT2D eigenvalue weighted by molar-refractivity contribution is -0.132. The van der Waals surface area contributed by atoms with Crippen molar-refractivity contribution in [2.45, 2.75) is 6.04 Å². The summed E-state index contributed by atoms with van der Waals surface area (Å²) < 4.78 is 0. The van der Waals surface area contributed by atoms with E-state index in [0.29, 0.717) is 16.3 Å². The molecular formula is C25H21ClN2O3. The number of hydrogen-bond acceptors (Lipinski definition) is 4. The third-order valence-electron chi connectivity index (χ3n) is 5.30. The minimum absolute atomic E-state index is 0.0372. The highest BCUT2D eigenvalue weighted by molar-refractivity contribution is 6.51. The quantitative estimate of drug-likeness (QED) is 0.357. The van der Waals surface area contributed by atoms with Crippen molar-refractivity contribution in [3.05, 3.63) is 101 Å². The van der Waals surface area contributed by atoms with Gasteiger partial charge in [0.2, 0.25) is 0 Å². The monoisotopic (exact) mass is 432 g/mol. The van der Waals surface area contributed by atoms with Gasteiger partial charge in [0.1, 0.15) is 5.76 Å². The predicted octanol–water partition coefficient (Wildman–Crippen LogP) is 5.03. The molecule has 5 nitrogen and oxygen atoms in total. The minimum Gasteiger partial charge on any atom is -0.507 e. The maximum Gasteiger partial charge on any atom is 0.300 e. The van der Waals surface area contributed by atoms with Gasteiger partial charge < -0.3 is 10.0 Å². The van der Waals surface area contributed by atoms with Crippen molar-refractivity contribution in [3.8, 4) is 0 Å². The minimum atomic E-state index is -0.759. The van der Waals surface area contributed by atoms with Crippen LogP contribution < -0.4 is 9.80 Å². The number of aliphatic hydroxyl groups is 1. The third-order valence-corrected chi connectivity index (χ3v) is 5.54. The van der Waals surface area contributed by atoms with Crippen molar-refractivity contribution in [2.24, 2.45) is 0 Å². The van der Waals surface area contributed by atoms with Crippen LogP contribution in [0.3, 0.4) is 0 Å². The van der Waals surface area contributed by atoms with Crippen LogP contribution in [0, 0.1) is 0 Å². The molecule has 1 unspecified atom stereocenters. The van der Waals surface area contributed by atoms with Crippen LogP contribution >= 0.6 is 11.6 Å². The molecule has 1 N–H and O–H groups in total. The average molecular weight is 433 g/mol. The Morgan fingerprint density at radius 1 is 0.935 bits per heavy atom. The zero-order chi connectivity index (χ0) is 22.1. The van der Waals surface area contributed by atoms with Gasteiger partial charge in [0.25, 0.3) is 11.7 Å². The predicted molar refractivity (Wildman–Crippen MR) is 123 cm³/mol. The van der Waals surface area contributed by atoms with Gasteiger partial charge in [-0.2, -0.15) is 0 Å². The van der Waals surface area contributed by atoms with E-state index < -0.39 is 17.7 Å². The summed E-state index contributed by atoms with van der Waals surface area (Å²) in [4.78, 5) is 29.6. The molecule has 0 bridgehead atoms. The van der Waals surface area contributed by atoms with Gasteiger partial charge >= 0.3 is 0 Å². The first-order valence-corrected chi connectivity index (χ1v) is 10.2. The summed E-state index contributed by atoms with van der Waals surface area (Å²) in [6.07, 6.45) is 0. The van der Waals surface area contributed by atoms with Gasteiger partial charge in [-0.15, -0.1) is 0 Å². The van der Waals surface area contributed by atoms with Crippen LogP contribution in [0.25, 0.3) is 5.76 Å². The van der Waals surface area contributed by atoms with Gasteiger partial charge in [0.05, 0.1) is 11.6 Å². The molecule has 0 aromatic heterocycles. The highest BCUT2D eigenvalue weighted by atomic mass is 35.5. The molecule has 0 radical (unpaired) electrons. The number of benzene rings is 3. The van der Waals surface area contributed by atoms with E-state index in [9.17, 15) is 14.7 Å². The zero-order valence-corrected chi connectivity index (χ0v) is 17.9. The second-order valence-electron chi connectivity index (χ2n) is 7.50. The lowest BCUT2D eigenvalue weighted by atomic mass is 9.95. The van der Waals surface area contributed by atoms with E-state index >= 15 is 0 Å². The molecule has 4 rings (SSSR count). The molecule has 1 amide bonds. The van der Waals surface area contributed by atoms with Gasteiger partial charge in [-0.25, -0.2) is 0 Å². The molecule has 1 fully saturated rings. The van der Waals surface area contributed by atoms with Crippen LogP contribution in [0.15, 0.2) is 84.4 Å². The van der Waals surface area contributed by atoms with Crippen LogP contribution in [0.2, 0.25) is 5.02 Å². The van der Waals surface area contributed by atoms with Gasteiger partial charge in [-0.3, -0.25) is 14.5 Å².